The van der Waals surface area contributed by atoms with Crippen LogP contribution in [0.15, 0.2) is 55.0 Å². The van der Waals surface area contributed by atoms with Gasteiger partial charge in [0.1, 0.15) is 11.9 Å². The first-order chi connectivity index (χ1) is 12.5. The van der Waals surface area contributed by atoms with Crippen LogP contribution < -0.4 is 10.1 Å². The van der Waals surface area contributed by atoms with Crippen molar-refractivity contribution in [3.63, 3.8) is 0 Å². The molecule has 0 fully saturated rings. The van der Waals surface area contributed by atoms with Gasteiger partial charge in [0.2, 0.25) is 0 Å². The molecule has 0 amide bonds. The molecule has 26 heavy (non-hydrogen) atoms. The third-order valence-electron chi connectivity index (χ3n) is 4.01. The molecule has 1 N–H and O–H groups in total. The van der Waals surface area contributed by atoms with E-state index in [4.69, 9.17) is 4.74 Å². The molecule has 1 aromatic carbocycles. The van der Waals surface area contributed by atoms with Gasteiger partial charge in [0.05, 0.1) is 11.3 Å². The van der Waals surface area contributed by atoms with Crippen molar-refractivity contribution in [2.24, 2.45) is 0 Å². The second-order valence-electron chi connectivity index (χ2n) is 5.82. The molecule has 1 atom stereocenters. The highest BCUT2D eigenvalue weighted by molar-refractivity contribution is 5.87. The minimum Gasteiger partial charge on any atom is -0.483 e. The maximum absolute atomic E-state index is 13.0. The number of hydrogen-bond donors (Lipinski definition) is 1. The Labute approximate surface area is 149 Å². The molecular formula is C19H18F3N3O. The maximum Gasteiger partial charge on any atom is 0.416 e. The Morgan fingerprint density at radius 2 is 2.00 bits per heavy atom. The third-order valence-corrected chi connectivity index (χ3v) is 4.01. The van der Waals surface area contributed by atoms with Crippen LogP contribution in [0.25, 0.3) is 10.8 Å². The number of alkyl halides is 3. The summed E-state index contributed by atoms with van der Waals surface area (Å²) in [5, 5.41) is 4.74. The Morgan fingerprint density at radius 1 is 1.15 bits per heavy atom. The number of ether oxygens (including phenoxy) is 1. The first-order valence-electron chi connectivity index (χ1n) is 8.16. The number of nitrogens with one attached hydrogen (secondary N) is 1. The van der Waals surface area contributed by atoms with Crippen LogP contribution in [-0.2, 0) is 6.18 Å². The van der Waals surface area contributed by atoms with Crippen molar-refractivity contribution in [3.8, 4) is 5.75 Å². The summed E-state index contributed by atoms with van der Waals surface area (Å²) in [6.07, 6.45) is -0.0389. The molecule has 2 heterocycles. The van der Waals surface area contributed by atoms with Gasteiger partial charge in [0, 0.05) is 30.4 Å². The number of fused-ring (bicyclic) bond motifs is 1. The predicted molar refractivity (Wildman–Crippen MR) is 92.9 cm³/mol. The van der Waals surface area contributed by atoms with Gasteiger partial charge >= 0.3 is 6.18 Å². The van der Waals surface area contributed by atoms with Crippen molar-refractivity contribution in [1.82, 2.24) is 15.3 Å². The summed E-state index contributed by atoms with van der Waals surface area (Å²) in [7, 11) is 1.78. The van der Waals surface area contributed by atoms with E-state index >= 15 is 0 Å². The van der Waals surface area contributed by atoms with Crippen LogP contribution in [0.3, 0.4) is 0 Å². The fraction of sp³-hybridized carbons (Fsp3) is 0.263. The fourth-order valence-corrected chi connectivity index (χ4v) is 2.68. The van der Waals surface area contributed by atoms with Crippen LogP contribution in [0.4, 0.5) is 13.2 Å². The molecule has 0 aliphatic carbocycles. The lowest BCUT2D eigenvalue weighted by Gasteiger charge is -2.20. The average Bonchev–Trinajstić information content (AvgIpc) is 2.64. The van der Waals surface area contributed by atoms with Crippen LogP contribution in [0.5, 0.6) is 5.75 Å². The molecule has 0 spiro atoms. The van der Waals surface area contributed by atoms with Gasteiger partial charge in [-0.1, -0.05) is 12.1 Å². The van der Waals surface area contributed by atoms with Gasteiger partial charge in [0.25, 0.3) is 0 Å². The Bertz CT molecular complexity index is 878. The van der Waals surface area contributed by atoms with Gasteiger partial charge in [-0.05, 0) is 43.2 Å². The van der Waals surface area contributed by atoms with E-state index in [1.165, 1.54) is 6.20 Å². The minimum atomic E-state index is -4.42. The van der Waals surface area contributed by atoms with Crippen LogP contribution in [0, 0.1) is 0 Å². The van der Waals surface area contributed by atoms with E-state index < -0.39 is 17.8 Å². The first-order valence-corrected chi connectivity index (χ1v) is 8.16. The zero-order valence-corrected chi connectivity index (χ0v) is 14.1. The largest absolute Gasteiger partial charge is 0.483 e. The van der Waals surface area contributed by atoms with Crippen molar-refractivity contribution in [3.05, 3.63) is 66.2 Å². The summed E-state index contributed by atoms with van der Waals surface area (Å²) >= 11 is 0. The number of hydrogen-bond acceptors (Lipinski definition) is 4. The Kier molecular flexibility index (Phi) is 5.37. The molecule has 0 bridgehead atoms. The van der Waals surface area contributed by atoms with Gasteiger partial charge in [-0.25, -0.2) is 0 Å². The van der Waals surface area contributed by atoms with E-state index in [2.05, 4.69) is 15.3 Å². The van der Waals surface area contributed by atoms with E-state index in [9.17, 15) is 13.2 Å². The van der Waals surface area contributed by atoms with E-state index in [1.807, 2.05) is 18.2 Å². The van der Waals surface area contributed by atoms with Crippen molar-refractivity contribution in [2.75, 3.05) is 13.6 Å². The number of pyridine rings is 2. The van der Waals surface area contributed by atoms with Crippen molar-refractivity contribution < 1.29 is 17.9 Å². The monoisotopic (exact) mass is 361 g/mol. The summed E-state index contributed by atoms with van der Waals surface area (Å²) in [5.74, 6) is 0.566. The number of nitrogens with zero attached hydrogens (tertiary/aromatic N) is 2. The van der Waals surface area contributed by atoms with E-state index in [0.29, 0.717) is 18.7 Å². The highest BCUT2D eigenvalue weighted by Gasteiger charge is 2.31. The first kappa shape index (κ1) is 18.1. The molecule has 0 aliphatic heterocycles. The minimum absolute atomic E-state index is 0.246. The van der Waals surface area contributed by atoms with E-state index in [0.717, 1.165) is 22.9 Å². The zero-order valence-electron chi connectivity index (χ0n) is 14.1. The van der Waals surface area contributed by atoms with Gasteiger partial charge in [0.15, 0.2) is 0 Å². The van der Waals surface area contributed by atoms with Crippen LogP contribution in [0.2, 0.25) is 0 Å². The molecule has 2 aromatic heterocycles. The second kappa shape index (κ2) is 7.70. The molecule has 7 heteroatoms. The van der Waals surface area contributed by atoms with Crippen LogP contribution in [0.1, 0.15) is 23.8 Å². The molecule has 0 saturated carbocycles. The molecular weight excluding hydrogens is 343 g/mol. The second-order valence-corrected chi connectivity index (χ2v) is 5.82. The lowest BCUT2D eigenvalue weighted by molar-refractivity contribution is -0.137. The smallest absolute Gasteiger partial charge is 0.416 e. The highest BCUT2D eigenvalue weighted by Crippen LogP contribution is 2.33. The Hall–Kier alpha value is -2.67. The summed E-state index contributed by atoms with van der Waals surface area (Å²) in [6, 6.07) is 9.41. The molecule has 0 radical (unpaired) electrons. The molecule has 4 nitrogen and oxygen atoms in total. The lowest BCUT2D eigenvalue weighted by atomic mass is 10.1. The highest BCUT2D eigenvalue weighted by atomic mass is 19.4. The molecule has 0 aliphatic rings. The lowest BCUT2D eigenvalue weighted by Crippen LogP contribution is -2.18. The van der Waals surface area contributed by atoms with Gasteiger partial charge in [-0.2, -0.15) is 13.2 Å². The molecule has 0 saturated heterocycles. The summed E-state index contributed by atoms with van der Waals surface area (Å²) < 4.78 is 45.2. The predicted octanol–water partition coefficient (Wildman–Crippen LogP) is 4.38. The summed E-state index contributed by atoms with van der Waals surface area (Å²) in [6.45, 7) is 0.575. The quantitative estimate of drug-likeness (QED) is 0.708. The SMILES string of the molecule is CNCCC(Oc1cccc2ccncc12)c1cc(C(F)(F)F)ccn1. The van der Waals surface area contributed by atoms with Crippen molar-refractivity contribution in [2.45, 2.75) is 18.7 Å². The Morgan fingerprint density at radius 3 is 2.77 bits per heavy atom. The van der Waals surface area contributed by atoms with Gasteiger partial charge < -0.3 is 10.1 Å². The number of rotatable bonds is 6. The number of aromatic nitrogens is 2. The van der Waals surface area contributed by atoms with E-state index in [1.54, 1.807) is 25.5 Å². The fourth-order valence-electron chi connectivity index (χ4n) is 2.68. The van der Waals surface area contributed by atoms with Crippen LogP contribution in [-0.4, -0.2) is 23.6 Å². The summed E-state index contributed by atoms with van der Waals surface area (Å²) in [5.41, 5.74) is -0.490. The standard InChI is InChI=1S/C19H18F3N3O/c1-23-8-7-18(16-11-14(6-10-25-16)19(20,21)22)26-17-4-2-3-13-5-9-24-12-15(13)17/h2-6,9-12,18,23H,7-8H2,1H3. The molecule has 1 unspecified atom stereocenters. The number of halogens is 3. The van der Waals surface area contributed by atoms with Gasteiger partial charge in [-0.3, -0.25) is 9.97 Å². The normalized spacial score (nSPS) is 12.9. The maximum atomic E-state index is 13.0. The van der Waals surface area contributed by atoms with Gasteiger partial charge in [-0.15, -0.1) is 0 Å². The van der Waals surface area contributed by atoms with Crippen molar-refractivity contribution in [1.29, 1.82) is 0 Å². The zero-order chi connectivity index (χ0) is 18.6. The van der Waals surface area contributed by atoms with E-state index in [-0.39, 0.29) is 5.69 Å². The molecule has 136 valence electrons. The summed E-state index contributed by atoms with van der Waals surface area (Å²) in [4.78, 5) is 8.22. The number of benzene rings is 1. The Balaban J connectivity index is 1.96. The average molecular weight is 361 g/mol. The third kappa shape index (κ3) is 4.11. The molecule has 3 aromatic rings. The van der Waals surface area contributed by atoms with Crippen LogP contribution >= 0.6 is 0 Å². The van der Waals surface area contributed by atoms with Crippen molar-refractivity contribution >= 4 is 10.8 Å². The molecule has 3 rings (SSSR count). The topological polar surface area (TPSA) is 47.0 Å².